The number of allylic oxidation sites excluding steroid dienone is 2. The molecule has 0 saturated heterocycles. The van der Waals surface area contributed by atoms with Gasteiger partial charge in [-0.2, -0.15) is 0 Å². The average Bonchev–Trinajstić information content (AvgIpc) is 2.78. The van der Waals surface area contributed by atoms with Gasteiger partial charge in [0.25, 0.3) is 0 Å². The van der Waals surface area contributed by atoms with Crippen LogP contribution < -0.4 is 5.32 Å². The van der Waals surface area contributed by atoms with E-state index in [0.29, 0.717) is 26.1 Å². The van der Waals surface area contributed by atoms with E-state index in [1.165, 1.54) is 64.2 Å². The number of nitrogens with zero attached hydrogens (tertiary/aromatic N) is 2. The lowest BCUT2D eigenvalue weighted by molar-refractivity contribution is 0.0240. The highest BCUT2D eigenvalue weighted by atomic mass is 16.6. The first-order valence-electron chi connectivity index (χ1n) is 14.8. The summed E-state index contributed by atoms with van der Waals surface area (Å²) in [6, 6.07) is 0. The Labute approximate surface area is 227 Å². The number of carbonyl (C=O) groups is 2. The third-order valence-electron chi connectivity index (χ3n) is 6.18. The van der Waals surface area contributed by atoms with Gasteiger partial charge in [-0.15, -0.1) is 0 Å². The van der Waals surface area contributed by atoms with E-state index < -0.39 is 17.3 Å². The fourth-order valence-electron chi connectivity index (χ4n) is 4.35. The fraction of sp³-hybridized carbons (Fsp3) is 0.867. The van der Waals surface area contributed by atoms with E-state index >= 15 is 0 Å². The summed E-state index contributed by atoms with van der Waals surface area (Å²) in [5, 5.41) is 2.78. The number of hydrogen-bond acceptors (Lipinski definition) is 5. The van der Waals surface area contributed by atoms with Gasteiger partial charge in [-0.1, -0.05) is 37.8 Å². The average molecular weight is 524 g/mol. The zero-order chi connectivity index (χ0) is 27.6. The van der Waals surface area contributed by atoms with Gasteiger partial charge in [0.1, 0.15) is 11.2 Å². The lowest BCUT2D eigenvalue weighted by Gasteiger charge is -2.29. The molecule has 1 heterocycles. The van der Waals surface area contributed by atoms with E-state index in [9.17, 15) is 9.59 Å². The van der Waals surface area contributed by atoms with E-state index in [0.717, 1.165) is 26.1 Å². The summed E-state index contributed by atoms with van der Waals surface area (Å²) in [4.78, 5) is 29.2. The van der Waals surface area contributed by atoms with Crippen LogP contribution in [0.1, 0.15) is 119 Å². The van der Waals surface area contributed by atoms with Crippen molar-refractivity contribution in [3.8, 4) is 0 Å². The molecule has 0 atom stereocenters. The van der Waals surface area contributed by atoms with Crippen LogP contribution >= 0.6 is 0 Å². The number of carbonyl (C=O) groups excluding carboxylic acids is 2. The predicted molar refractivity (Wildman–Crippen MR) is 153 cm³/mol. The first-order valence-corrected chi connectivity index (χ1v) is 14.8. The Hall–Kier alpha value is -1.76. The van der Waals surface area contributed by atoms with Gasteiger partial charge in [0.05, 0.1) is 0 Å². The first kappa shape index (κ1) is 33.3. The predicted octanol–water partition coefficient (Wildman–Crippen LogP) is 7.30. The minimum atomic E-state index is -0.535. The van der Waals surface area contributed by atoms with Gasteiger partial charge in [0, 0.05) is 19.6 Å². The molecule has 1 N–H and O–H groups in total. The molecule has 0 unspecified atom stereocenters. The van der Waals surface area contributed by atoms with Crippen molar-refractivity contribution in [1.82, 2.24) is 15.1 Å². The van der Waals surface area contributed by atoms with Crippen LogP contribution in [-0.2, 0) is 9.47 Å². The summed E-state index contributed by atoms with van der Waals surface area (Å²) in [5.41, 5.74) is -1.06. The summed E-state index contributed by atoms with van der Waals surface area (Å²) in [6.45, 7) is 16.1. The van der Waals surface area contributed by atoms with Gasteiger partial charge in [-0.05, 0) is 113 Å². The molecule has 0 aliphatic carbocycles. The Morgan fingerprint density at radius 2 is 1.27 bits per heavy atom. The van der Waals surface area contributed by atoms with Crippen molar-refractivity contribution in [3.63, 3.8) is 0 Å². The van der Waals surface area contributed by atoms with Crippen LogP contribution in [0.3, 0.4) is 0 Å². The summed E-state index contributed by atoms with van der Waals surface area (Å²) in [6.07, 6.45) is 18.3. The highest BCUT2D eigenvalue weighted by Crippen LogP contribution is 2.13. The molecule has 37 heavy (non-hydrogen) atoms. The number of alkyl carbamates (subject to hydrolysis) is 1. The highest BCUT2D eigenvalue weighted by molar-refractivity contribution is 5.68. The SMILES string of the molecule is CC(C)(C)OC(=O)NCCCN(CCCN1CCCCC/C=C\CCCCCCC1)C(=O)OC(C)(C)C. The van der Waals surface area contributed by atoms with E-state index in [1.807, 2.05) is 41.5 Å². The third kappa shape index (κ3) is 19.9. The molecule has 2 amide bonds. The Morgan fingerprint density at radius 1 is 0.757 bits per heavy atom. The molecule has 7 nitrogen and oxygen atoms in total. The second-order valence-electron chi connectivity index (χ2n) is 12.3. The van der Waals surface area contributed by atoms with E-state index in [-0.39, 0.29) is 6.09 Å². The van der Waals surface area contributed by atoms with Crippen LogP contribution in [0.25, 0.3) is 0 Å². The van der Waals surface area contributed by atoms with Gasteiger partial charge in [-0.25, -0.2) is 9.59 Å². The maximum Gasteiger partial charge on any atom is 0.410 e. The number of amides is 2. The molecule has 0 aromatic heterocycles. The molecule has 0 aromatic rings. The molecule has 0 saturated carbocycles. The topological polar surface area (TPSA) is 71.1 Å². The van der Waals surface area contributed by atoms with Crippen LogP contribution in [0.4, 0.5) is 9.59 Å². The Kier molecular flexibility index (Phi) is 16.6. The second kappa shape index (κ2) is 18.5. The zero-order valence-electron chi connectivity index (χ0n) is 24.9. The van der Waals surface area contributed by atoms with Gasteiger partial charge >= 0.3 is 12.2 Å². The molecule has 1 aliphatic rings. The van der Waals surface area contributed by atoms with Crippen LogP contribution in [0.15, 0.2) is 12.2 Å². The molecule has 216 valence electrons. The number of nitrogens with one attached hydrogen (secondary N) is 1. The first-order chi connectivity index (χ1) is 17.5. The van der Waals surface area contributed by atoms with Crippen molar-refractivity contribution in [1.29, 1.82) is 0 Å². The van der Waals surface area contributed by atoms with E-state index in [2.05, 4.69) is 22.4 Å². The van der Waals surface area contributed by atoms with Crippen molar-refractivity contribution in [2.75, 3.05) is 39.3 Å². The van der Waals surface area contributed by atoms with Crippen LogP contribution in [-0.4, -0.2) is 72.5 Å². The Balaban J connectivity index is 2.55. The zero-order valence-corrected chi connectivity index (χ0v) is 24.9. The molecular formula is C30H57N3O4. The minimum Gasteiger partial charge on any atom is -0.444 e. The monoisotopic (exact) mass is 523 g/mol. The maximum atomic E-state index is 12.9. The van der Waals surface area contributed by atoms with Crippen LogP contribution in [0.5, 0.6) is 0 Å². The van der Waals surface area contributed by atoms with Crippen molar-refractivity contribution < 1.29 is 19.1 Å². The summed E-state index contributed by atoms with van der Waals surface area (Å²) in [5.74, 6) is 0. The van der Waals surface area contributed by atoms with E-state index in [1.54, 1.807) is 4.90 Å². The number of rotatable bonds is 8. The third-order valence-corrected chi connectivity index (χ3v) is 6.18. The molecule has 7 heteroatoms. The quantitative estimate of drug-likeness (QED) is 0.267. The number of hydrogen-bond donors (Lipinski definition) is 1. The van der Waals surface area contributed by atoms with E-state index in [4.69, 9.17) is 9.47 Å². The highest BCUT2D eigenvalue weighted by Gasteiger charge is 2.22. The largest absolute Gasteiger partial charge is 0.444 e. The van der Waals surface area contributed by atoms with Crippen molar-refractivity contribution in [2.45, 2.75) is 130 Å². The summed E-state index contributed by atoms with van der Waals surface area (Å²) < 4.78 is 11.0. The van der Waals surface area contributed by atoms with Crippen molar-refractivity contribution in [3.05, 3.63) is 12.2 Å². The van der Waals surface area contributed by atoms with Gasteiger partial charge in [0.15, 0.2) is 0 Å². The van der Waals surface area contributed by atoms with Gasteiger partial charge < -0.3 is 24.6 Å². The minimum absolute atomic E-state index is 0.283. The van der Waals surface area contributed by atoms with Crippen LogP contribution in [0, 0.1) is 0 Å². The lowest BCUT2D eigenvalue weighted by atomic mass is 10.1. The smallest absolute Gasteiger partial charge is 0.410 e. The molecule has 0 fully saturated rings. The summed E-state index contributed by atoms with van der Waals surface area (Å²) in [7, 11) is 0. The second-order valence-corrected chi connectivity index (χ2v) is 12.3. The van der Waals surface area contributed by atoms with Crippen molar-refractivity contribution >= 4 is 12.2 Å². The number of ether oxygens (including phenoxy) is 2. The molecular weight excluding hydrogens is 466 g/mol. The molecule has 0 bridgehead atoms. The standard InChI is InChI=1S/C30H57N3O4/c1-29(2,3)36-27(34)31-21-19-25-33(28(35)37-30(4,5)6)26-20-24-32-22-17-15-13-11-9-7-8-10-12-14-16-18-23-32/h7,9H,8,10-26H2,1-6H3,(H,31,34)/b9-7-. The molecule has 1 rings (SSSR count). The maximum absolute atomic E-state index is 12.9. The molecule has 1 aliphatic heterocycles. The molecule has 0 aromatic carbocycles. The van der Waals surface area contributed by atoms with Crippen LogP contribution in [0.2, 0.25) is 0 Å². The lowest BCUT2D eigenvalue weighted by Crippen LogP contribution is -2.40. The fourth-order valence-corrected chi connectivity index (χ4v) is 4.35. The van der Waals surface area contributed by atoms with Crippen molar-refractivity contribution in [2.24, 2.45) is 0 Å². The Bertz CT molecular complexity index is 652. The van der Waals surface area contributed by atoms with Gasteiger partial charge in [-0.3, -0.25) is 0 Å². The van der Waals surface area contributed by atoms with Gasteiger partial charge in [0.2, 0.25) is 0 Å². The Morgan fingerprint density at radius 3 is 1.86 bits per heavy atom. The molecule has 0 spiro atoms. The normalized spacial score (nSPS) is 18.2. The molecule has 0 radical (unpaired) electrons. The summed E-state index contributed by atoms with van der Waals surface area (Å²) >= 11 is 0.